The third kappa shape index (κ3) is 3.12. The van der Waals surface area contributed by atoms with Crippen molar-refractivity contribution in [3.05, 3.63) is 53.5 Å². The van der Waals surface area contributed by atoms with E-state index < -0.39 is 6.04 Å². The van der Waals surface area contributed by atoms with Crippen molar-refractivity contribution in [3.8, 4) is 0 Å². The molecule has 1 unspecified atom stereocenters. The van der Waals surface area contributed by atoms with Crippen LogP contribution in [0.1, 0.15) is 21.5 Å². The van der Waals surface area contributed by atoms with E-state index in [1.807, 2.05) is 32.0 Å². The normalized spacial score (nSPS) is 17.3. The van der Waals surface area contributed by atoms with Crippen LogP contribution in [0.3, 0.4) is 0 Å². The highest BCUT2D eigenvalue weighted by Gasteiger charge is 2.35. The Morgan fingerprint density at radius 3 is 2.87 bits per heavy atom. The van der Waals surface area contributed by atoms with E-state index in [1.54, 1.807) is 22.7 Å². The fourth-order valence-electron chi connectivity index (χ4n) is 2.51. The molecule has 1 aliphatic heterocycles. The summed E-state index contributed by atoms with van der Waals surface area (Å²) in [7, 11) is 0. The zero-order chi connectivity index (χ0) is 16.4. The number of nitrogens with zero attached hydrogens (tertiary/aromatic N) is 1. The summed E-state index contributed by atoms with van der Waals surface area (Å²) in [4.78, 5) is 26.7. The largest absolute Gasteiger partial charge is 0.472 e. The molecule has 1 aromatic carbocycles. The van der Waals surface area contributed by atoms with Gasteiger partial charge in [0.25, 0.3) is 5.91 Å². The molecule has 120 valence electrons. The molecule has 0 bridgehead atoms. The van der Waals surface area contributed by atoms with E-state index in [2.05, 4.69) is 5.32 Å². The molecule has 1 fully saturated rings. The first kappa shape index (κ1) is 15.7. The standard InChI is InChI=1S/C17H18N2O3S/c1-11-4-3-5-14(12(11)2)18-16(20)15-9-23-10-19(15)17(21)13-6-7-22-8-13/h3-8,15H,9-10H2,1-2H3,(H,18,20). The van der Waals surface area contributed by atoms with Crippen molar-refractivity contribution >= 4 is 29.3 Å². The SMILES string of the molecule is Cc1cccc(NC(=O)C2CSCN2C(=O)c2ccoc2)c1C. The number of rotatable bonds is 3. The topological polar surface area (TPSA) is 62.6 Å². The average molecular weight is 330 g/mol. The molecule has 3 rings (SSSR count). The molecular formula is C17H18N2O3S. The van der Waals surface area contributed by atoms with Crippen LogP contribution in [0.15, 0.2) is 41.2 Å². The number of amides is 2. The summed E-state index contributed by atoms with van der Waals surface area (Å²) in [5.74, 6) is 0.778. The zero-order valence-corrected chi connectivity index (χ0v) is 13.9. The zero-order valence-electron chi connectivity index (χ0n) is 13.0. The third-order valence-corrected chi connectivity index (χ3v) is 5.09. The van der Waals surface area contributed by atoms with Crippen molar-refractivity contribution in [1.29, 1.82) is 0 Å². The van der Waals surface area contributed by atoms with Crippen LogP contribution in [0, 0.1) is 13.8 Å². The summed E-state index contributed by atoms with van der Waals surface area (Å²) < 4.78 is 4.96. The second kappa shape index (κ2) is 6.50. The Morgan fingerprint density at radius 1 is 1.30 bits per heavy atom. The number of furan rings is 1. The van der Waals surface area contributed by atoms with Gasteiger partial charge in [0.2, 0.25) is 5.91 Å². The minimum Gasteiger partial charge on any atom is -0.472 e. The predicted molar refractivity (Wildman–Crippen MR) is 90.5 cm³/mol. The van der Waals surface area contributed by atoms with Gasteiger partial charge in [0.05, 0.1) is 17.7 Å². The van der Waals surface area contributed by atoms with Crippen molar-refractivity contribution in [2.24, 2.45) is 0 Å². The van der Waals surface area contributed by atoms with Gasteiger partial charge in [-0.3, -0.25) is 9.59 Å². The maximum absolute atomic E-state index is 12.6. The van der Waals surface area contributed by atoms with Crippen LogP contribution in [0.2, 0.25) is 0 Å². The molecule has 0 spiro atoms. The average Bonchev–Trinajstić information content (AvgIpc) is 3.21. The smallest absolute Gasteiger partial charge is 0.258 e. The highest BCUT2D eigenvalue weighted by Crippen LogP contribution is 2.25. The lowest BCUT2D eigenvalue weighted by Gasteiger charge is -2.23. The summed E-state index contributed by atoms with van der Waals surface area (Å²) in [5.41, 5.74) is 3.42. The number of hydrogen-bond donors (Lipinski definition) is 1. The first-order valence-electron chi connectivity index (χ1n) is 7.36. The van der Waals surface area contributed by atoms with E-state index in [4.69, 9.17) is 4.42 Å². The molecule has 2 heterocycles. The molecule has 1 aliphatic rings. The Hall–Kier alpha value is -2.21. The molecule has 0 aliphatic carbocycles. The van der Waals surface area contributed by atoms with Crippen LogP contribution in [-0.4, -0.2) is 34.4 Å². The van der Waals surface area contributed by atoms with Gasteiger partial charge >= 0.3 is 0 Å². The van der Waals surface area contributed by atoms with E-state index in [1.165, 1.54) is 12.5 Å². The van der Waals surface area contributed by atoms with Gasteiger partial charge in [0, 0.05) is 11.4 Å². The molecule has 1 atom stereocenters. The summed E-state index contributed by atoms with van der Waals surface area (Å²) in [6.45, 7) is 3.98. The highest BCUT2D eigenvalue weighted by molar-refractivity contribution is 7.99. The molecule has 1 aromatic heterocycles. The van der Waals surface area contributed by atoms with Crippen molar-refractivity contribution in [1.82, 2.24) is 4.90 Å². The molecule has 1 N–H and O–H groups in total. The Bertz CT molecular complexity index is 727. The van der Waals surface area contributed by atoms with Crippen LogP contribution in [-0.2, 0) is 4.79 Å². The first-order valence-corrected chi connectivity index (χ1v) is 8.51. The van der Waals surface area contributed by atoms with Crippen LogP contribution in [0.4, 0.5) is 5.69 Å². The molecule has 6 heteroatoms. The molecule has 5 nitrogen and oxygen atoms in total. The van der Waals surface area contributed by atoms with E-state index in [-0.39, 0.29) is 11.8 Å². The molecule has 2 amide bonds. The summed E-state index contributed by atoms with van der Waals surface area (Å²) in [5, 5.41) is 2.95. The summed E-state index contributed by atoms with van der Waals surface area (Å²) in [6, 6.07) is 6.94. The van der Waals surface area contributed by atoms with Gasteiger partial charge in [0.1, 0.15) is 12.3 Å². The van der Waals surface area contributed by atoms with Crippen LogP contribution in [0.25, 0.3) is 0 Å². The summed E-state index contributed by atoms with van der Waals surface area (Å²) >= 11 is 1.58. The molecule has 23 heavy (non-hydrogen) atoms. The number of benzene rings is 1. The van der Waals surface area contributed by atoms with E-state index in [0.717, 1.165) is 16.8 Å². The van der Waals surface area contributed by atoms with Crippen LogP contribution < -0.4 is 5.32 Å². The first-order chi connectivity index (χ1) is 11.1. The van der Waals surface area contributed by atoms with Crippen molar-refractivity contribution in [2.75, 3.05) is 16.9 Å². The van der Waals surface area contributed by atoms with E-state index in [0.29, 0.717) is 17.2 Å². The Kier molecular flexibility index (Phi) is 4.43. The van der Waals surface area contributed by atoms with E-state index >= 15 is 0 Å². The lowest BCUT2D eigenvalue weighted by molar-refractivity contribution is -0.119. The fourth-order valence-corrected chi connectivity index (χ4v) is 3.67. The Labute approximate surface area is 139 Å². The van der Waals surface area contributed by atoms with E-state index in [9.17, 15) is 9.59 Å². The molecule has 0 saturated carbocycles. The van der Waals surface area contributed by atoms with Gasteiger partial charge in [-0.2, -0.15) is 0 Å². The van der Waals surface area contributed by atoms with Gasteiger partial charge in [-0.15, -0.1) is 11.8 Å². The van der Waals surface area contributed by atoms with Gasteiger partial charge in [-0.1, -0.05) is 12.1 Å². The fraction of sp³-hybridized carbons (Fsp3) is 0.294. The number of anilines is 1. The van der Waals surface area contributed by atoms with Gasteiger partial charge in [0.15, 0.2) is 0 Å². The second-order valence-corrected chi connectivity index (χ2v) is 6.54. The number of thioether (sulfide) groups is 1. The number of hydrogen-bond acceptors (Lipinski definition) is 4. The molecule has 0 radical (unpaired) electrons. The van der Waals surface area contributed by atoms with Crippen molar-refractivity contribution in [2.45, 2.75) is 19.9 Å². The second-order valence-electron chi connectivity index (χ2n) is 5.54. The quantitative estimate of drug-likeness (QED) is 0.939. The van der Waals surface area contributed by atoms with Crippen LogP contribution in [0.5, 0.6) is 0 Å². The van der Waals surface area contributed by atoms with Gasteiger partial charge in [-0.05, 0) is 37.1 Å². The van der Waals surface area contributed by atoms with Gasteiger partial charge in [-0.25, -0.2) is 0 Å². The molecular weight excluding hydrogens is 312 g/mol. The minimum absolute atomic E-state index is 0.152. The van der Waals surface area contributed by atoms with Gasteiger partial charge < -0.3 is 14.6 Å². The number of carbonyl (C=O) groups excluding carboxylic acids is 2. The number of carbonyl (C=O) groups is 2. The lowest BCUT2D eigenvalue weighted by atomic mass is 10.1. The molecule has 2 aromatic rings. The maximum Gasteiger partial charge on any atom is 0.258 e. The summed E-state index contributed by atoms with van der Waals surface area (Å²) in [6.07, 6.45) is 2.87. The minimum atomic E-state index is -0.470. The lowest BCUT2D eigenvalue weighted by Crippen LogP contribution is -2.44. The third-order valence-electron chi connectivity index (χ3n) is 4.08. The Morgan fingerprint density at radius 2 is 2.13 bits per heavy atom. The monoisotopic (exact) mass is 330 g/mol. The highest BCUT2D eigenvalue weighted by atomic mass is 32.2. The predicted octanol–water partition coefficient (Wildman–Crippen LogP) is 3.05. The number of nitrogens with one attached hydrogen (secondary N) is 1. The van der Waals surface area contributed by atoms with Crippen molar-refractivity contribution in [3.63, 3.8) is 0 Å². The van der Waals surface area contributed by atoms with Crippen LogP contribution >= 0.6 is 11.8 Å². The van der Waals surface area contributed by atoms with Crippen molar-refractivity contribution < 1.29 is 14.0 Å². The number of aryl methyl sites for hydroxylation is 1. The molecule has 1 saturated heterocycles. The maximum atomic E-state index is 12.6. The Balaban J connectivity index is 1.76.